The Labute approximate surface area is 206 Å². The predicted octanol–water partition coefficient (Wildman–Crippen LogP) is 5.44. The van der Waals surface area contributed by atoms with Crippen molar-refractivity contribution in [3.8, 4) is 11.3 Å². The molecule has 32 heavy (non-hydrogen) atoms. The number of aromatic nitrogens is 3. The average molecular weight is 491 g/mol. The van der Waals surface area contributed by atoms with Crippen molar-refractivity contribution in [1.29, 1.82) is 0 Å². The molecular formula is C24H26Cl3N5. The first-order valence-electron chi connectivity index (χ1n) is 9.60. The smallest absolute Gasteiger partial charge is 0.153 e. The summed E-state index contributed by atoms with van der Waals surface area (Å²) < 4.78 is 0. The molecule has 0 aliphatic carbocycles. The fraction of sp³-hybridized carbons (Fsp3) is 0.125. The van der Waals surface area contributed by atoms with Crippen molar-refractivity contribution < 1.29 is 0 Å². The Morgan fingerprint density at radius 2 is 1.69 bits per heavy atom. The Bertz CT molecular complexity index is 1150. The standard InChI is InChI=1S/C24H23N5.3ClH/c1-17-5-11-22-21(14-17)24(19-8-6-18(7-9-19)15-26-16-25)29-23(28-22)12-10-20-4-2-3-13-27-20;;;/h2-14,26H,15-16,25H2,1H3;3*1H. The molecule has 0 radical (unpaired) electrons. The van der Waals surface area contributed by atoms with E-state index in [0.29, 0.717) is 12.5 Å². The van der Waals surface area contributed by atoms with Crippen molar-refractivity contribution in [3.05, 3.63) is 89.5 Å². The van der Waals surface area contributed by atoms with Crippen molar-refractivity contribution in [2.45, 2.75) is 13.5 Å². The second kappa shape index (κ2) is 13.1. The summed E-state index contributed by atoms with van der Waals surface area (Å²) in [6.07, 6.45) is 5.61. The molecule has 2 aromatic heterocycles. The zero-order chi connectivity index (χ0) is 20.1. The second-order valence-corrected chi connectivity index (χ2v) is 6.87. The molecule has 0 amide bonds. The van der Waals surface area contributed by atoms with Gasteiger partial charge in [0.15, 0.2) is 5.82 Å². The monoisotopic (exact) mass is 489 g/mol. The summed E-state index contributed by atoms with van der Waals surface area (Å²) in [6, 6.07) is 20.5. The summed E-state index contributed by atoms with van der Waals surface area (Å²) in [4.78, 5) is 13.9. The summed E-state index contributed by atoms with van der Waals surface area (Å²) in [7, 11) is 0. The summed E-state index contributed by atoms with van der Waals surface area (Å²) >= 11 is 0. The topological polar surface area (TPSA) is 76.7 Å². The van der Waals surface area contributed by atoms with E-state index < -0.39 is 0 Å². The van der Waals surface area contributed by atoms with Crippen molar-refractivity contribution in [2.24, 2.45) is 5.73 Å². The van der Waals surface area contributed by atoms with E-state index in [0.717, 1.165) is 34.4 Å². The molecule has 0 unspecified atom stereocenters. The van der Waals surface area contributed by atoms with E-state index in [1.807, 2.05) is 36.4 Å². The van der Waals surface area contributed by atoms with E-state index in [-0.39, 0.29) is 37.2 Å². The number of fused-ring (bicyclic) bond motifs is 1. The van der Waals surface area contributed by atoms with Gasteiger partial charge in [-0.05, 0) is 48.9 Å². The van der Waals surface area contributed by atoms with Crippen molar-refractivity contribution in [2.75, 3.05) is 6.67 Å². The Morgan fingerprint density at radius 3 is 2.38 bits per heavy atom. The summed E-state index contributed by atoms with van der Waals surface area (Å²) in [5, 5.41) is 4.19. The van der Waals surface area contributed by atoms with E-state index >= 15 is 0 Å². The van der Waals surface area contributed by atoms with Crippen molar-refractivity contribution in [3.63, 3.8) is 0 Å². The van der Waals surface area contributed by atoms with Crippen molar-refractivity contribution >= 4 is 60.3 Å². The minimum Gasteiger partial charge on any atom is -0.318 e. The molecule has 2 heterocycles. The highest BCUT2D eigenvalue weighted by Crippen LogP contribution is 2.27. The predicted molar refractivity (Wildman–Crippen MR) is 141 cm³/mol. The number of pyridine rings is 1. The third-order valence-electron chi connectivity index (χ3n) is 4.66. The third kappa shape index (κ3) is 6.73. The van der Waals surface area contributed by atoms with Crippen LogP contribution in [0.15, 0.2) is 66.9 Å². The molecule has 0 bridgehead atoms. The van der Waals surface area contributed by atoms with E-state index in [4.69, 9.17) is 15.7 Å². The number of aryl methyl sites for hydroxylation is 1. The van der Waals surface area contributed by atoms with Crippen LogP contribution in [0.2, 0.25) is 0 Å². The molecular weight excluding hydrogens is 465 g/mol. The van der Waals surface area contributed by atoms with Crippen LogP contribution in [0.25, 0.3) is 34.3 Å². The third-order valence-corrected chi connectivity index (χ3v) is 4.66. The van der Waals surface area contributed by atoms with Gasteiger partial charge >= 0.3 is 0 Å². The zero-order valence-corrected chi connectivity index (χ0v) is 20.0. The lowest BCUT2D eigenvalue weighted by molar-refractivity contribution is 0.709. The van der Waals surface area contributed by atoms with E-state index in [1.54, 1.807) is 6.20 Å². The molecule has 0 aliphatic heterocycles. The molecule has 0 atom stereocenters. The van der Waals surface area contributed by atoms with Crippen LogP contribution in [-0.4, -0.2) is 21.6 Å². The van der Waals surface area contributed by atoms with Crippen LogP contribution in [-0.2, 0) is 6.54 Å². The second-order valence-electron chi connectivity index (χ2n) is 6.87. The molecule has 2 aromatic carbocycles. The fourth-order valence-corrected chi connectivity index (χ4v) is 3.19. The highest BCUT2D eigenvalue weighted by Gasteiger charge is 2.09. The van der Waals surface area contributed by atoms with Crippen LogP contribution in [0.1, 0.15) is 22.6 Å². The minimum atomic E-state index is 0. The summed E-state index contributed by atoms with van der Waals surface area (Å²) in [5.41, 5.74) is 11.7. The maximum Gasteiger partial charge on any atom is 0.153 e. The van der Waals surface area contributed by atoms with Crippen LogP contribution in [0.4, 0.5) is 0 Å². The molecule has 4 aromatic rings. The number of halogens is 3. The van der Waals surface area contributed by atoms with Gasteiger partial charge < -0.3 is 11.1 Å². The molecule has 0 fully saturated rings. The summed E-state index contributed by atoms with van der Waals surface area (Å²) in [6.45, 7) is 3.29. The Hall–Kier alpha value is -2.54. The van der Waals surface area contributed by atoms with Crippen LogP contribution < -0.4 is 11.1 Å². The maximum absolute atomic E-state index is 5.52. The number of hydrogen-bond acceptors (Lipinski definition) is 5. The lowest BCUT2D eigenvalue weighted by Gasteiger charge is -2.09. The quantitative estimate of drug-likeness (QED) is 0.352. The van der Waals surface area contributed by atoms with Gasteiger partial charge in [0.1, 0.15) is 0 Å². The van der Waals surface area contributed by atoms with Gasteiger partial charge in [-0.3, -0.25) is 4.98 Å². The number of nitrogens with two attached hydrogens (primary N) is 1. The van der Waals surface area contributed by atoms with E-state index in [1.165, 1.54) is 11.1 Å². The SMILES string of the molecule is Cc1ccc2nc(C=Cc3ccccn3)nc(-c3ccc(CNCN)cc3)c2c1.Cl.Cl.Cl. The van der Waals surface area contributed by atoms with Gasteiger partial charge in [-0.2, -0.15) is 0 Å². The van der Waals surface area contributed by atoms with Gasteiger partial charge in [-0.15, -0.1) is 37.2 Å². The fourth-order valence-electron chi connectivity index (χ4n) is 3.19. The maximum atomic E-state index is 5.52. The number of nitrogens with one attached hydrogen (secondary N) is 1. The molecule has 8 heteroatoms. The first kappa shape index (κ1) is 27.5. The highest BCUT2D eigenvalue weighted by molar-refractivity contribution is 5.93. The molecule has 3 N–H and O–H groups in total. The van der Waals surface area contributed by atoms with Crippen LogP contribution >= 0.6 is 37.2 Å². The number of rotatable bonds is 6. The van der Waals surface area contributed by atoms with Gasteiger partial charge in [0.25, 0.3) is 0 Å². The molecule has 5 nitrogen and oxygen atoms in total. The largest absolute Gasteiger partial charge is 0.318 e. The molecule has 4 rings (SSSR count). The van der Waals surface area contributed by atoms with Crippen LogP contribution in [0.5, 0.6) is 0 Å². The number of nitrogens with zero attached hydrogens (tertiary/aromatic N) is 3. The first-order valence-corrected chi connectivity index (χ1v) is 9.60. The molecule has 0 saturated heterocycles. The number of hydrogen-bond donors (Lipinski definition) is 2. The lowest BCUT2D eigenvalue weighted by atomic mass is 10.0. The Kier molecular flexibility index (Phi) is 11.3. The van der Waals surface area contributed by atoms with Crippen LogP contribution in [0, 0.1) is 6.92 Å². The summed E-state index contributed by atoms with van der Waals surface area (Å²) in [5.74, 6) is 0.663. The van der Waals surface area contributed by atoms with E-state index in [2.05, 4.69) is 53.6 Å². The molecule has 168 valence electrons. The molecule has 0 spiro atoms. The molecule has 0 aliphatic rings. The zero-order valence-electron chi connectivity index (χ0n) is 17.6. The average Bonchev–Trinajstić information content (AvgIpc) is 2.77. The van der Waals surface area contributed by atoms with Gasteiger partial charge in [-0.1, -0.05) is 42.0 Å². The minimum absolute atomic E-state index is 0. The van der Waals surface area contributed by atoms with E-state index in [9.17, 15) is 0 Å². The van der Waals surface area contributed by atoms with Crippen LogP contribution in [0.3, 0.4) is 0 Å². The highest BCUT2D eigenvalue weighted by atomic mass is 35.5. The Balaban J connectivity index is 0.00000171. The van der Waals surface area contributed by atoms with Crippen molar-refractivity contribution in [1.82, 2.24) is 20.3 Å². The normalized spacial score (nSPS) is 10.3. The Morgan fingerprint density at radius 1 is 0.906 bits per heavy atom. The van der Waals surface area contributed by atoms with Gasteiger partial charge in [0.05, 0.1) is 16.9 Å². The van der Waals surface area contributed by atoms with Gasteiger partial charge in [0.2, 0.25) is 0 Å². The van der Waals surface area contributed by atoms with Gasteiger partial charge in [-0.25, -0.2) is 9.97 Å². The molecule has 0 saturated carbocycles. The van der Waals surface area contributed by atoms with Gasteiger partial charge in [0, 0.05) is 30.4 Å². The first-order chi connectivity index (χ1) is 14.2. The lowest BCUT2D eigenvalue weighted by Crippen LogP contribution is -2.21. The number of benzene rings is 2.